The van der Waals surface area contributed by atoms with E-state index in [0.717, 1.165) is 33.3 Å². The number of aryl methyl sites for hydroxylation is 2. The second kappa shape index (κ2) is 6.15. The van der Waals surface area contributed by atoms with E-state index in [0.29, 0.717) is 12.2 Å². The Kier molecular flexibility index (Phi) is 3.80. The third-order valence-electron chi connectivity index (χ3n) is 4.62. The summed E-state index contributed by atoms with van der Waals surface area (Å²) in [7, 11) is 0. The van der Waals surface area contributed by atoms with Crippen LogP contribution in [0.2, 0.25) is 0 Å². The number of amidine groups is 1. The summed E-state index contributed by atoms with van der Waals surface area (Å²) in [4.78, 5) is 27.9. The van der Waals surface area contributed by atoms with Crippen molar-refractivity contribution in [1.82, 2.24) is 15.3 Å². The van der Waals surface area contributed by atoms with Crippen LogP contribution in [0.4, 0.5) is 0 Å². The van der Waals surface area contributed by atoms with Gasteiger partial charge in [-0.1, -0.05) is 48.0 Å². The molecule has 6 heteroatoms. The van der Waals surface area contributed by atoms with Crippen molar-refractivity contribution in [3.05, 3.63) is 70.9 Å². The van der Waals surface area contributed by atoms with Gasteiger partial charge in [0.1, 0.15) is 0 Å². The van der Waals surface area contributed by atoms with E-state index in [9.17, 15) is 9.59 Å². The summed E-state index contributed by atoms with van der Waals surface area (Å²) in [6.07, 6.45) is 0.596. The summed E-state index contributed by atoms with van der Waals surface area (Å²) in [5, 5.41) is 9.31. The van der Waals surface area contributed by atoms with Crippen molar-refractivity contribution in [2.75, 3.05) is 0 Å². The van der Waals surface area contributed by atoms with Gasteiger partial charge >= 0.3 is 0 Å². The Labute approximate surface area is 150 Å². The number of carbonyl (C=O) groups excluding carboxylic acids is 2. The van der Waals surface area contributed by atoms with Gasteiger partial charge in [-0.2, -0.15) is 5.10 Å². The van der Waals surface area contributed by atoms with E-state index in [1.165, 1.54) is 5.01 Å². The first-order valence-corrected chi connectivity index (χ1v) is 8.36. The summed E-state index contributed by atoms with van der Waals surface area (Å²) >= 11 is 0. The van der Waals surface area contributed by atoms with Crippen LogP contribution < -0.4 is 5.32 Å². The van der Waals surface area contributed by atoms with Gasteiger partial charge in [-0.25, -0.2) is 5.01 Å². The molecular weight excluding hydrogens is 328 g/mol. The molecule has 0 aliphatic carbocycles. The summed E-state index contributed by atoms with van der Waals surface area (Å²) < 4.78 is 0. The van der Waals surface area contributed by atoms with Crippen molar-refractivity contribution < 1.29 is 9.59 Å². The fraction of sp³-hybridized carbons (Fsp3) is 0.150. The van der Waals surface area contributed by atoms with E-state index in [-0.39, 0.29) is 5.91 Å². The van der Waals surface area contributed by atoms with E-state index in [1.54, 1.807) is 0 Å². The van der Waals surface area contributed by atoms with E-state index in [4.69, 9.17) is 0 Å². The van der Waals surface area contributed by atoms with Crippen molar-refractivity contribution in [3.63, 3.8) is 0 Å². The minimum absolute atomic E-state index is 0.282. The van der Waals surface area contributed by atoms with Crippen LogP contribution in [-0.2, 0) is 9.59 Å². The maximum absolute atomic E-state index is 12.9. The first-order valence-electron chi connectivity index (χ1n) is 8.36. The number of hydrogen-bond acceptors (Lipinski definition) is 3. The molecule has 1 aliphatic rings. The van der Waals surface area contributed by atoms with E-state index in [2.05, 4.69) is 15.4 Å². The third-order valence-corrected chi connectivity index (χ3v) is 4.62. The topological polar surface area (TPSA) is 77.6 Å². The number of para-hydroxylation sites is 1. The lowest BCUT2D eigenvalue weighted by atomic mass is 10.0. The lowest BCUT2D eigenvalue weighted by molar-refractivity contribution is -0.133. The molecule has 26 heavy (non-hydrogen) atoms. The molecule has 0 fully saturated rings. The fourth-order valence-corrected chi connectivity index (χ4v) is 3.34. The lowest BCUT2D eigenvalue weighted by Crippen LogP contribution is -2.47. The molecule has 0 bridgehead atoms. The lowest BCUT2D eigenvalue weighted by Gasteiger charge is -2.29. The van der Waals surface area contributed by atoms with Crippen LogP contribution >= 0.6 is 0 Å². The number of hydrazone groups is 1. The fourth-order valence-electron chi connectivity index (χ4n) is 3.34. The highest BCUT2D eigenvalue weighted by atomic mass is 16.2. The molecule has 1 atom stereocenters. The van der Waals surface area contributed by atoms with Gasteiger partial charge in [-0.15, -0.1) is 0 Å². The average molecular weight is 346 g/mol. The Morgan fingerprint density at radius 1 is 1.08 bits per heavy atom. The summed E-state index contributed by atoms with van der Waals surface area (Å²) in [6.45, 7) is 3.88. The van der Waals surface area contributed by atoms with Crippen LogP contribution in [0.1, 0.15) is 28.4 Å². The Morgan fingerprint density at radius 3 is 2.54 bits per heavy atom. The van der Waals surface area contributed by atoms with Crippen molar-refractivity contribution >= 4 is 29.1 Å². The predicted molar refractivity (Wildman–Crippen MR) is 99.5 cm³/mol. The first-order chi connectivity index (χ1) is 12.6. The van der Waals surface area contributed by atoms with Crippen molar-refractivity contribution in [2.45, 2.75) is 19.9 Å². The molecule has 0 radical (unpaired) electrons. The molecule has 3 aromatic rings. The monoisotopic (exact) mass is 346 g/mol. The molecule has 1 aromatic heterocycles. The van der Waals surface area contributed by atoms with E-state index >= 15 is 0 Å². The van der Waals surface area contributed by atoms with Gasteiger partial charge in [-0.3, -0.25) is 9.59 Å². The van der Waals surface area contributed by atoms with Gasteiger partial charge < -0.3 is 10.3 Å². The highest BCUT2D eigenvalue weighted by Crippen LogP contribution is 2.32. The minimum atomic E-state index is -0.808. The molecule has 1 aliphatic heterocycles. The van der Waals surface area contributed by atoms with Crippen LogP contribution in [0, 0.1) is 13.8 Å². The number of aromatic amines is 1. The summed E-state index contributed by atoms with van der Waals surface area (Å²) in [6, 6.07) is 14.5. The predicted octanol–water partition coefficient (Wildman–Crippen LogP) is 2.78. The Morgan fingerprint density at radius 2 is 1.81 bits per heavy atom. The Hall–Kier alpha value is -3.41. The van der Waals surface area contributed by atoms with Crippen LogP contribution in [0.25, 0.3) is 10.9 Å². The van der Waals surface area contributed by atoms with E-state index in [1.807, 2.05) is 62.4 Å². The normalized spacial score (nSPS) is 17.2. The maximum atomic E-state index is 12.9. The minimum Gasteiger partial charge on any atom is -0.358 e. The van der Waals surface area contributed by atoms with Gasteiger partial charge in [0.25, 0.3) is 5.91 Å². The number of rotatable bonds is 3. The number of fused-ring (bicyclic) bond motifs is 1. The molecular formula is C20H18N4O2. The molecule has 2 heterocycles. The summed E-state index contributed by atoms with van der Waals surface area (Å²) in [5.41, 5.74) is 4.39. The number of nitrogens with zero attached hydrogens (tertiary/aromatic N) is 2. The molecule has 2 aromatic carbocycles. The molecule has 6 nitrogen and oxygen atoms in total. The summed E-state index contributed by atoms with van der Waals surface area (Å²) in [5.74, 6) is 0.0892. The average Bonchev–Trinajstić information content (AvgIpc) is 2.97. The number of benzene rings is 2. The zero-order valence-corrected chi connectivity index (χ0v) is 14.5. The molecule has 0 saturated heterocycles. The van der Waals surface area contributed by atoms with Crippen LogP contribution in [0.3, 0.4) is 0 Å². The molecule has 0 saturated carbocycles. The Bertz CT molecular complexity index is 1030. The highest BCUT2D eigenvalue weighted by Gasteiger charge is 2.35. The molecule has 4 rings (SSSR count). The number of hydrogen-bond donors (Lipinski definition) is 2. The number of amides is 2. The SMILES string of the molecule is Cc1ccc(C2=NN(C=O)C(c3c(C)[nH]c4ccccc34)C(=O)N2)cc1. The van der Waals surface area contributed by atoms with Crippen molar-refractivity contribution in [2.24, 2.45) is 5.10 Å². The number of aromatic nitrogens is 1. The van der Waals surface area contributed by atoms with Crippen LogP contribution in [0.5, 0.6) is 0 Å². The second-order valence-corrected chi connectivity index (χ2v) is 6.40. The van der Waals surface area contributed by atoms with Crippen molar-refractivity contribution in [1.29, 1.82) is 0 Å². The van der Waals surface area contributed by atoms with E-state index < -0.39 is 6.04 Å². The van der Waals surface area contributed by atoms with Crippen molar-refractivity contribution in [3.8, 4) is 0 Å². The first kappa shape index (κ1) is 16.1. The Balaban J connectivity index is 1.80. The van der Waals surface area contributed by atoms with Crippen LogP contribution in [-0.4, -0.2) is 28.1 Å². The largest absolute Gasteiger partial charge is 0.358 e. The molecule has 1 unspecified atom stereocenters. The molecule has 2 amide bonds. The zero-order chi connectivity index (χ0) is 18.3. The van der Waals surface area contributed by atoms with Gasteiger partial charge in [0, 0.05) is 27.7 Å². The smallest absolute Gasteiger partial charge is 0.255 e. The van der Waals surface area contributed by atoms with Gasteiger partial charge in [0.2, 0.25) is 6.41 Å². The molecule has 2 N–H and O–H groups in total. The third kappa shape index (κ3) is 2.56. The highest BCUT2D eigenvalue weighted by molar-refractivity contribution is 6.12. The van der Waals surface area contributed by atoms with Gasteiger partial charge in [0.05, 0.1) is 0 Å². The number of nitrogens with one attached hydrogen (secondary N) is 2. The van der Waals surface area contributed by atoms with Gasteiger partial charge in [-0.05, 0) is 19.9 Å². The number of carbonyl (C=O) groups is 2. The maximum Gasteiger partial charge on any atom is 0.255 e. The quantitative estimate of drug-likeness (QED) is 0.716. The van der Waals surface area contributed by atoms with Crippen LogP contribution in [0.15, 0.2) is 53.6 Å². The second-order valence-electron chi connectivity index (χ2n) is 6.40. The van der Waals surface area contributed by atoms with Gasteiger partial charge in [0.15, 0.2) is 11.9 Å². The molecule has 130 valence electrons. The molecule has 0 spiro atoms. The standard InChI is InChI=1S/C20H18N4O2/c1-12-7-9-14(10-8-12)19-22-20(26)18(24(11-25)23-19)17-13(2)21-16-6-4-3-5-15(16)17/h3-11,18,21H,1-2H3,(H,22,23,26). The zero-order valence-electron chi connectivity index (χ0n) is 14.5. The number of H-pyrrole nitrogens is 1.